The van der Waals surface area contributed by atoms with Gasteiger partial charge >= 0.3 is 0 Å². The minimum Gasteiger partial charge on any atom is -0.0653 e. The molecule has 0 aliphatic heterocycles. The average Bonchev–Trinajstić information content (AvgIpc) is 1.56. The predicted octanol–water partition coefficient (Wildman–Crippen LogP) is 30.5. The van der Waals surface area contributed by atoms with Crippen molar-refractivity contribution in [3.8, 4) is 100 Å². The quantitative estimate of drug-likeness (QED) is 0.0458. The van der Waals surface area contributed by atoms with Crippen molar-refractivity contribution in [2.45, 2.75) is 259 Å². The van der Waals surface area contributed by atoms with Gasteiger partial charge in [-0.05, 0) is 299 Å². The lowest BCUT2D eigenvalue weighted by Crippen LogP contribution is -2.30. The highest BCUT2D eigenvalue weighted by atomic mass is 14.5. The maximum Gasteiger partial charge on any atom is 0.0220 e. The lowest BCUT2D eigenvalue weighted by molar-refractivity contribution is 0.308. The van der Waals surface area contributed by atoms with Crippen molar-refractivity contribution in [1.82, 2.24) is 0 Å². The van der Waals surface area contributed by atoms with Crippen LogP contribution in [-0.2, 0) is 27.1 Å². The predicted molar refractivity (Wildman–Crippen MR) is 450 cm³/mol. The van der Waals surface area contributed by atoms with Crippen molar-refractivity contribution in [3.63, 3.8) is 0 Å². The molecule has 0 heterocycles. The maximum absolute atomic E-state index is 2.71. The fraction of sp³-hybridized carbons (Fsp3) is 0.423. The van der Waals surface area contributed by atoms with Crippen molar-refractivity contribution >= 4 is 0 Å². The van der Waals surface area contributed by atoms with Gasteiger partial charge in [0.1, 0.15) is 0 Å². The summed E-state index contributed by atoms with van der Waals surface area (Å²) in [4.78, 5) is 0. The summed E-state index contributed by atoms with van der Waals surface area (Å²) >= 11 is 0. The third-order valence-electron chi connectivity index (χ3n) is 27.8. The molecule has 0 spiro atoms. The Labute approximate surface area is 628 Å². The fourth-order valence-corrected chi connectivity index (χ4v) is 22.5. The summed E-state index contributed by atoms with van der Waals surface area (Å²) in [5, 5.41) is 0. The van der Waals surface area contributed by atoms with E-state index < -0.39 is 0 Å². The van der Waals surface area contributed by atoms with Crippen LogP contribution in [0.3, 0.4) is 0 Å². The van der Waals surface area contributed by atoms with Crippen LogP contribution >= 0.6 is 0 Å². The van der Waals surface area contributed by atoms with E-state index in [2.05, 4.69) is 292 Å². The molecule has 0 nitrogen and oxygen atoms in total. The van der Waals surface area contributed by atoms with Crippen LogP contribution in [0.25, 0.3) is 100 Å². The van der Waals surface area contributed by atoms with Crippen molar-refractivity contribution < 1.29 is 0 Å². The Morgan fingerprint density at radius 3 is 0.635 bits per heavy atom. The minimum absolute atomic E-state index is 0.00339. The lowest BCUT2D eigenvalue weighted by Gasteiger charge is -2.37. The minimum atomic E-state index is -0.134. The molecule has 0 saturated heterocycles. The van der Waals surface area contributed by atoms with Gasteiger partial charge in [0.25, 0.3) is 0 Å². The largest absolute Gasteiger partial charge is 0.0653 e. The monoisotopic (exact) mass is 1370 g/mol. The number of benzene rings is 10. The molecular formula is C104H120. The Kier molecular flexibility index (Phi) is 19.7. The van der Waals surface area contributed by atoms with E-state index in [1.54, 1.807) is 33.4 Å². The number of fused-ring (bicyclic) bond motifs is 15. The first kappa shape index (κ1) is 71.8. The van der Waals surface area contributed by atoms with Crippen LogP contribution in [0.4, 0.5) is 0 Å². The Balaban J connectivity index is 0.799. The molecule has 5 aliphatic rings. The highest BCUT2D eigenvalue weighted by Gasteiger charge is 2.50. The molecule has 0 aromatic heterocycles. The Morgan fingerprint density at radius 1 is 0.212 bits per heavy atom. The zero-order valence-electron chi connectivity index (χ0n) is 66.3. The molecule has 10 aromatic rings. The van der Waals surface area contributed by atoms with Crippen LogP contribution in [0.2, 0.25) is 0 Å². The molecule has 5 aliphatic carbocycles. The van der Waals surface area contributed by atoms with Crippen LogP contribution in [-0.4, -0.2) is 0 Å². The van der Waals surface area contributed by atoms with E-state index in [1.807, 2.05) is 0 Å². The molecule has 536 valence electrons. The first-order valence-electron chi connectivity index (χ1n) is 41.9. The zero-order valence-corrected chi connectivity index (χ0v) is 66.3. The highest BCUT2D eigenvalue weighted by molar-refractivity contribution is 5.93. The van der Waals surface area contributed by atoms with Crippen molar-refractivity contribution in [3.05, 3.63) is 249 Å². The van der Waals surface area contributed by atoms with Crippen LogP contribution in [0.1, 0.15) is 287 Å². The van der Waals surface area contributed by atoms with E-state index in [1.165, 1.54) is 179 Å². The van der Waals surface area contributed by atoms with E-state index in [4.69, 9.17) is 0 Å². The van der Waals surface area contributed by atoms with Crippen molar-refractivity contribution in [1.29, 1.82) is 0 Å². The van der Waals surface area contributed by atoms with Gasteiger partial charge in [-0.1, -0.05) is 306 Å². The summed E-state index contributed by atoms with van der Waals surface area (Å²) in [5.41, 5.74) is 41.9. The second kappa shape index (κ2) is 28.5. The summed E-state index contributed by atoms with van der Waals surface area (Å²) in [7, 11) is 0. The third-order valence-corrected chi connectivity index (χ3v) is 27.8. The van der Waals surface area contributed by atoms with E-state index in [-0.39, 0.29) is 27.1 Å². The van der Waals surface area contributed by atoms with Crippen LogP contribution in [0.15, 0.2) is 188 Å². The number of aryl methyl sites for hydroxylation is 1. The summed E-state index contributed by atoms with van der Waals surface area (Å²) in [6.45, 7) is 36.5. The molecule has 15 rings (SSSR count). The van der Waals surface area contributed by atoms with Gasteiger partial charge in [-0.15, -0.1) is 0 Å². The van der Waals surface area contributed by atoms with Crippen LogP contribution < -0.4 is 0 Å². The molecule has 4 atom stereocenters. The first-order valence-corrected chi connectivity index (χ1v) is 41.9. The van der Waals surface area contributed by atoms with Gasteiger partial charge in [0, 0.05) is 27.1 Å². The normalized spacial score (nSPS) is 18.7. The summed E-state index contributed by atoms with van der Waals surface area (Å²) in [6, 6.07) is 78.0. The molecule has 0 amide bonds. The summed E-state index contributed by atoms with van der Waals surface area (Å²) in [5.74, 6) is 2.37. The number of hydrogen-bond acceptors (Lipinski definition) is 0. The number of rotatable bonds is 28. The number of hydrogen-bond donors (Lipinski definition) is 0. The SMILES string of the molecule is CCCC1(CCC)c2ccccc2-c2ccc(-c3ccc4c(c3)C(CCC)(CCC)c3cc(-c5ccc6c(c5)C(CC(C)CC)(CC(C)CC)c5cc(-c7ccc8c(c7)C(CCC)(CCC)c7cc(-c9ccc%10c(c9)C(CC(C)CC)(CC(C)CC)c9cc(C)ccc9-%10)ccc7-8)ccc5-6)ccc3-4)cc21. The maximum atomic E-state index is 2.71. The van der Waals surface area contributed by atoms with Gasteiger partial charge in [-0.3, -0.25) is 0 Å². The van der Waals surface area contributed by atoms with Gasteiger partial charge in [-0.2, -0.15) is 0 Å². The molecule has 10 aromatic carbocycles. The standard InChI is InChI=1S/C104H120/c1-16-48-100(49-17-2)90-29-27-26-28-80(90)82-40-31-72(55-92(82)100)73-32-41-83-84-43-34-75(58-95(84)101(50-18-3,51-19-4)93(83)56-73)78-37-46-88-89-47-38-79(62-99(89)104(98(88)61-78,65-69(13)24-9)66-70(14)25-10)76-35-44-86-85-42-33-74(57-94(85)102(52-20-5,53-21-6)96(86)59-76)77-36-45-87-81-39-30-71(15)54-91(81)103(97(87)60-77,63-67(11)22-7)64-68(12)23-8/h26-47,54-62,67-70H,16-25,48-53,63-66H2,1-15H3. The molecule has 0 heteroatoms. The van der Waals surface area contributed by atoms with Gasteiger partial charge in [0.05, 0.1) is 0 Å². The average molecular weight is 1370 g/mol. The Morgan fingerprint density at radius 2 is 0.404 bits per heavy atom. The van der Waals surface area contributed by atoms with Gasteiger partial charge < -0.3 is 0 Å². The molecule has 4 unspecified atom stereocenters. The topological polar surface area (TPSA) is 0 Å². The smallest absolute Gasteiger partial charge is 0.0220 e. The van der Waals surface area contributed by atoms with E-state index in [0.717, 1.165) is 77.0 Å². The van der Waals surface area contributed by atoms with E-state index >= 15 is 0 Å². The highest BCUT2D eigenvalue weighted by Crippen LogP contribution is 2.63. The van der Waals surface area contributed by atoms with Gasteiger partial charge in [0.15, 0.2) is 0 Å². The summed E-state index contributed by atoms with van der Waals surface area (Å²) in [6.07, 6.45) is 23.2. The fourth-order valence-electron chi connectivity index (χ4n) is 22.5. The molecule has 0 saturated carbocycles. The Hall–Kier alpha value is -7.80. The first-order chi connectivity index (χ1) is 50.5. The lowest BCUT2D eigenvalue weighted by atomic mass is 9.66. The van der Waals surface area contributed by atoms with Crippen molar-refractivity contribution in [2.75, 3.05) is 0 Å². The summed E-state index contributed by atoms with van der Waals surface area (Å²) < 4.78 is 0. The molecule has 0 bridgehead atoms. The van der Waals surface area contributed by atoms with Crippen molar-refractivity contribution in [2.24, 2.45) is 23.7 Å². The van der Waals surface area contributed by atoms with Gasteiger partial charge in [-0.25, -0.2) is 0 Å². The van der Waals surface area contributed by atoms with Crippen LogP contribution in [0.5, 0.6) is 0 Å². The third kappa shape index (κ3) is 11.4. The Bertz CT molecular complexity index is 4830. The molecule has 0 fully saturated rings. The second-order valence-electron chi connectivity index (χ2n) is 34.5. The zero-order chi connectivity index (χ0) is 72.6. The van der Waals surface area contributed by atoms with E-state index in [9.17, 15) is 0 Å². The van der Waals surface area contributed by atoms with Crippen LogP contribution in [0, 0.1) is 30.6 Å². The molecular weight excluding hydrogens is 1250 g/mol. The molecule has 104 heavy (non-hydrogen) atoms. The molecule has 0 radical (unpaired) electrons. The van der Waals surface area contributed by atoms with E-state index in [0.29, 0.717) is 23.7 Å². The molecule has 0 N–H and O–H groups in total. The second-order valence-corrected chi connectivity index (χ2v) is 34.5. The van der Waals surface area contributed by atoms with Gasteiger partial charge in [0.2, 0.25) is 0 Å².